The number of methoxy groups -OCH3 is 1. The monoisotopic (exact) mass is 272 g/mol. The highest BCUT2D eigenvalue weighted by Crippen LogP contribution is 2.21. The molecule has 0 spiro atoms. The molecule has 0 atom stereocenters. The van der Waals surface area contributed by atoms with Gasteiger partial charge in [0.25, 0.3) is 0 Å². The van der Waals surface area contributed by atoms with Gasteiger partial charge in [0.1, 0.15) is 5.75 Å². The molecule has 1 amide bonds. The SMILES string of the molecule is COc1ccc(NC(=O)CC(C)(C)n2cccc2)cc1. The first kappa shape index (κ1) is 14.2. The van der Waals surface area contributed by atoms with Gasteiger partial charge in [0, 0.05) is 30.0 Å². The van der Waals surface area contributed by atoms with Crippen LogP contribution in [-0.4, -0.2) is 17.6 Å². The van der Waals surface area contributed by atoms with Gasteiger partial charge in [0.2, 0.25) is 5.91 Å². The second-order valence-electron chi connectivity index (χ2n) is 5.36. The van der Waals surface area contributed by atoms with Gasteiger partial charge in [-0.05, 0) is 50.2 Å². The van der Waals surface area contributed by atoms with Crippen LogP contribution in [0.4, 0.5) is 5.69 Å². The van der Waals surface area contributed by atoms with Crippen LogP contribution in [0.2, 0.25) is 0 Å². The number of nitrogens with zero attached hydrogens (tertiary/aromatic N) is 1. The van der Waals surface area contributed by atoms with Crippen molar-refractivity contribution in [2.75, 3.05) is 12.4 Å². The van der Waals surface area contributed by atoms with E-state index in [9.17, 15) is 4.79 Å². The average Bonchev–Trinajstić information content (AvgIpc) is 2.93. The molecule has 0 radical (unpaired) electrons. The predicted molar refractivity (Wildman–Crippen MR) is 80.0 cm³/mol. The summed E-state index contributed by atoms with van der Waals surface area (Å²) in [6.07, 6.45) is 4.36. The molecule has 1 heterocycles. The summed E-state index contributed by atoms with van der Waals surface area (Å²) >= 11 is 0. The number of nitrogens with one attached hydrogen (secondary N) is 1. The van der Waals surface area contributed by atoms with Crippen molar-refractivity contribution in [3.8, 4) is 5.75 Å². The third kappa shape index (κ3) is 3.41. The third-order valence-corrected chi connectivity index (χ3v) is 3.27. The maximum atomic E-state index is 12.1. The zero-order valence-corrected chi connectivity index (χ0v) is 12.1. The van der Waals surface area contributed by atoms with Crippen LogP contribution in [0.5, 0.6) is 5.75 Å². The molecule has 0 saturated heterocycles. The molecule has 4 nitrogen and oxygen atoms in total. The highest BCUT2D eigenvalue weighted by atomic mass is 16.5. The molecule has 2 rings (SSSR count). The fraction of sp³-hybridized carbons (Fsp3) is 0.312. The average molecular weight is 272 g/mol. The number of hydrogen-bond donors (Lipinski definition) is 1. The molecule has 4 heteroatoms. The van der Waals surface area contributed by atoms with Crippen LogP contribution in [0.3, 0.4) is 0 Å². The second kappa shape index (κ2) is 5.82. The quantitative estimate of drug-likeness (QED) is 0.908. The minimum atomic E-state index is -0.250. The number of carbonyl (C=O) groups is 1. The standard InChI is InChI=1S/C16H20N2O2/c1-16(2,18-10-4-5-11-18)12-15(19)17-13-6-8-14(20-3)9-7-13/h4-11H,12H2,1-3H3,(H,17,19). The van der Waals surface area contributed by atoms with Crippen LogP contribution in [0.1, 0.15) is 20.3 Å². The van der Waals surface area contributed by atoms with Gasteiger partial charge in [-0.1, -0.05) is 0 Å². The summed E-state index contributed by atoms with van der Waals surface area (Å²) in [5.41, 5.74) is 0.527. The van der Waals surface area contributed by atoms with Crippen LogP contribution >= 0.6 is 0 Å². The van der Waals surface area contributed by atoms with E-state index in [1.807, 2.05) is 67.2 Å². The number of anilines is 1. The number of rotatable bonds is 5. The van der Waals surface area contributed by atoms with E-state index in [-0.39, 0.29) is 11.4 Å². The summed E-state index contributed by atoms with van der Waals surface area (Å²) in [5, 5.41) is 2.90. The zero-order chi connectivity index (χ0) is 14.6. The van der Waals surface area contributed by atoms with Crippen LogP contribution in [0, 0.1) is 0 Å². The lowest BCUT2D eigenvalue weighted by atomic mass is 10.00. The fourth-order valence-corrected chi connectivity index (χ4v) is 2.10. The summed E-state index contributed by atoms with van der Waals surface area (Å²) in [6, 6.07) is 11.2. The lowest BCUT2D eigenvalue weighted by Crippen LogP contribution is -2.30. The number of carbonyl (C=O) groups excluding carboxylic acids is 1. The number of aromatic nitrogens is 1. The van der Waals surface area contributed by atoms with Crippen molar-refractivity contribution >= 4 is 11.6 Å². The molecule has 0 aliphatic carbocycles. The molecule has 0 saturated carbocycles. The Balaban J connectivity index is 1.98. The van der Waals surface area contributed by atoms with Gasteiger partial charge in [-0.3, -0.25) is 4.79 Å². The molecular formula is C16H20N2O2. The summed E-state index contributed by atoms with van der Waals surface area (Å²) in [6.45, 7) is 4.08. The minimum absolute atomic E-state index is 0.00568. The second-order valence-corrected chi connectivity index (χ2v) is 5.36. The smallest absolute Gasteiger partial charge is 0.226 e. The molecule has 0 fully saturated rings. The predicted octanol–water partition coefficient (Wildman–Crippen LogP) is 3.26. The first-order chi connectivity index (χ1) is 9.51. The molecule has 1 aromatic carbocycles. The lowest BCUT2D eigenvalue weighted by Gasteiger charge is -2.26. The first-order valence-corrected chi connectivity index (χ1v) is 6.58. The van der Waals surface area contributed by atoms with Crippen LogP contribution in [0.15, 0.2) is 48.8 Å². The van der Waals surface area contributed by atoms with E-state index in [0.29, 0.717) is 6.42 Å². The Kier molecular flexibility index (Phi) is 4.13. The Hall–Kier alpha value is -2.23. The van der Waals surface area contributed by atoms with E-state index >= 15 is 0 Å². The molecular weight excluding hydrogens is 252 g/mol. The normalized spacial score (nSPS) is 11.2. The molecule has 1 N–H and O–H groups in total. The zero-order valence-electron chi connectivity index (χ0n) is 12.1. The Morgan fingerprint density at radius 2 is 1.80 bits per heavy atom. The largest absolute Gasteiger partial charge is 0.497 e. The van der Waals surface area contributed by atoms with Crippen molar-refractivity contribution in [2.24, 2.45) is 0 Å². The number of benzene rings is 1. The van der Waals surface area contributed by atoms with Gasteiger partial charge in [-0.2, -0.15) is 0 Å². The maximum Gasteiger partial charge on any atom is 0.226 e. The van der Waals surface area contributed by atoms with E-state index in [1.165, 1.54) is 0 Å². The van der Waals surface area contributed by atoms with E-state index in [2.05, 4.69) is 5.32 Å². The van der Waals surface area contributed by atoms with E-state index in [1.54, 1.807) is 7.11 Å². The van der Waals surface area contributed by atoms with Crippen molar-refractivity contribution in [1.29, 1.82) is 0 Å². The van der Waals surface area contributed by atoms with Crippen LogP contribution in [-0.2, 0) is 10.3 Å². The van der Waals surface area contributed by atoms with Gasteiger partial charge in [0.05, 0.1) is 7.11 Å². The molecule has 0 bridgehead atoms. The highest BCUT2D eigenvalue weighted by Gasteiger charge is 2.23. The Morgan fingerprint density at radius 1 is 1.20 bits per heavy atom. The topological polar surface area (TPSA) is 43.3 Å². The van der Waals surface area contributed by atoms with Gasteiger partial charge in [-0.25, -0.2) is 0 Å². The molecule has 106 valence electrons. The van der Waals surface area contributed by atoms with Gasteiger partial charge >= 0.3 is 0 Å². The highest BCUT2D eigenvalue weighted by molar-refractivity contribution is 5.91. The van der Waals surface area contributed by atoms with E-state index in [0.717, 1.165) is 11.4 Å². The molecule has 20 heavy (non-hydrogen) atoms. The summed E-state index contributed by atoms with van der Waals surface area (Å²) in [7, 11) is 1.62. The van der Waals surface area contributed by atoms with E-state index in [4.69, 9.17) is 4.74 Å². The number of ether oxygens (including phenoxy) is 1. The molecule has 0 aliphatic rings. The minimum Gasteiger partial charge on any atom is -0.497 e. The third-order valence-electron chi connectivity index (χ3n) is 3.27. The van der Waals surface area contributed by atoms with Gasteiger partial charge in [-0.15, -0.1) is 0 Å². The van der Waals surface area contributed by atoms with E-state index < -0.39 is 0 Å². The Labute approximate surface area is 119 Å². The van der Waals surface area contributed by atoms with Crippen LogP contribution < -0.4 is 10.1 Å². The number of hydrogen-bond acceptors (Lipinski definition) is 2. The summed E-state index contributed by atoms with van der Waals surface area (Å²) < 4.78 is 7.13. The number of amides is 1. The van der Waals surface area contributed by atoms with Gasteiger partial charge in [0.15, 0.2) is 0 Å². The van der Waals surface area contributed by atoms with Crippen molar-refractivity contribution in [1.82, 2.24) is 4.57 Å². The van der Waals surface area contributed by atoms with Crippen molar-refractivity contribution in [3.63, 3.8) is 0 Å². The van der Waals surface area contributed by atoms with Crippen molar-refractivity contribution in [2.45, 2.75) is 25.8 Å². The summed E-state index contributed by atoms with van der Waals surface area (Å²) in [5.74, 6) is 0.768. The molecule has 0 unspecified atom stereocenters. The fourth-order valence-electron chi connectivity index (χ4n) is 2.10. The van der Waals surface area contributed by atoms with Crippen molar-refractivity contribution < 1.29 is 9.53 Å². The molecule has 0 aliphatic heterocycles. The first-order valence-electron chi connectivity index (χ1n) is 6.58. The molecule has 1 aromatic heterocycles. The summed E-state index contributed by atoms with van der Waals surface area (Å²) in [4.78, 5) is 12.1. The Morgan fingerprint density at radius 3 is 2.35 bits per heavy atom. The maximum absolute atomic E-state index is 12.1. The van der Waals surface area contributed by atoms with Crippen LogP contribution in [0.25, 0.3) is 0 Å². The molecule has 2 aromatic rings. The van der Waals surface area contributed by atoms with Gasteiger partial charge < -0.3 is 14.6 Å². The Bertz CT molecular complexity index is 557. The lowest BCUT2D eigenvalue weighted by molar-refractivity contribution is -0.117. The van der Waals surface area contributed by atoms with Crippen molar-refractivity contribution in [3.05, 3.63) is 48.8 Å².